The summed E-state index contributed by atoms with van der Waals surface area (Å²) in [7, 11) is 0. The number of carbonyl (C=O) groups is 1. The van der Waals surface area contributed by atoms with Crippen molar-refractivity contribution in [1.29, 1.82) is 0 Å². The highest BCUT2D eigenvalue weighted by Gasteiger charge is 2.45. The molecule has 0 radical (unpaired) electrons. The Hall–Kier alpha value is -1.42. The summed E-state index contributed by atoms with van der Waals surface area (Å²) in [5, 5.41) is 2.96. The lowest BCUT2D eigenvalue weighted by molar-refractivity contribution is -0.130. The average Bonchev–Trinajstić information content (AvgIpc) is 2.37. The molecule has 3 nitrogen and oxygen atoms in total. The van der Waals surface area contributed by atoms with Crippen LogP contribution in [0.2, 0.25) is 0 Å². The predicted octanol–water partition coefficient (Wildman–Crippen LogP) is 2.79. The zero-order valence-electron chi connectivity index (χ0n) is 12.0. The van der Waals surface area contributed by atoms with Gasteiger partial charge in [0.05, 0.1) is 5.41 Å². The zero-order chi connectivity index (χ0) is 14.4. The van der Waals surface area contributed by atoms with Gasteiger partial charge < -0.3 is 10.1 Å². The molecule has 0 saturated heterocycles. The molecule has 1 aliphatic rings. The lowest BCUT2D eigenvalue weighted by Crippen LogP contribution is -2.49. The van der Waals surface area contributed by atoms with Crippen LogP contribution in [0.1, 0.15) is 38.2 Å². The van der Waals surface area contributed by atoms with Crippen LogP contribution in [0.5, 0.6) is 0 Å². The van der Waals surface area contributed by atoms with Gasteiger partial charge in [0.25, 0.3) is 0 Å². The summed E-state index contributed by atoms with van der Waals surface area (Å²) in [4.78, 5) is 12.4. The summed E-state index contributed by atoms with van der Waals surface area (Å²) >= 11 is 0. The topological polar surface area (TPSA) is 38.3 Å². The van der Waals surface area contributed by atoms with Crippen molar-refractivity contribution in [3.05, 3.63) is 35.6 Å². The molecular formula is C16H22FNO2. The molecule has 1 amide bonds. The highest BCUT2D eigenvalue weighted by Crippen LogP contribution is 2.44. The Kier molecular flexibility index (Phi) is 5.12. The van der Waals surface area contributed by atoms with Gasteiger partial charge in [-0.15, -0.1) is 0 Å². The van der Waals surface area contributed by atoms with Crippen molar-refractivity contribution >= 4 is 5.91 Å². The number of benzene rings is 1. The molecule has 0 spiro atoms. The molecule has 2 rings (SSSR count). The Labute approximate surface area is 119 Å². The summed E-state index contributed by atoms with van der Waals surface area (Å²) < 4.78 is 18.6. The Morgan fingerprint density at radius 3 is 2.85 bits per heavy atom. The van der Waals surface area contributed by atoms with Crippen LogP contribution in [0, 0.1) is 5.82 Å². The molecule has 0 bridgehead atoms. The van der Waals surface area contributed by atoms with Crippen molar-refractivity contribution < 1.29 is 13.9 Å². The number of ether oxygens (including phenoxy) is 1. The maximum absolute atomic E-state index is 13.4. The molecule has 1 aliphatic carbocycles. The third kappa shape index (κ3) is 3.18. The predicted molar refractivity (Wildman–Crippen MR) is 76.0 cm³/mol. The summed E-state index contributed by atoms with van der Waals surface area (Å²) in [5.41, 5.74) is 0.277. The number of hydrogen-bond acceptors (Lipinski definition) is 2. The van der Waals surface area contributed by atoms with Crippen LogP contribution in [-0.2, 0) is 14.9 Å². The van der Waals surface area contributed by atoms with E-state index in [0.717, 1.165) is 31.2 Å². The van der Waals surface area contributed by atoms with Crippen LogP contribution in [0.15, 0.2) is 24.3 Å². The van der Waals surface area contributed by atoms with Gasteiger partial charge in [0.15, 0.2) is 0 Å². The second-order valence-corrected chi connectivity index (χ2v) is 5.25. The first-order valence-corrected chi connectivity index (χ1v) is 7.31. The first-order valence-electron chi connectivity index (χ1n) is 7.31. The van der Waals surface area contributed by atoms with E-state index >= 15 is 0 Å². The van der Waals surface area contributed by atoms with E-state index in [9.17, 15) is 9.18 Å². The van der Waals surface area contributed by atoms with E-state index < -0.39 is 5.41 Å². The van der Waals surface area contributed by atoms with Crippen molar-refractivity contribution in [3.63, 3.8) is 0 Å². The standard InChI is InChI=1S/C16H22FNO2/c1-2-20-11-5-10-18-15(19)16(8-4-9-16)13-6-3-7-14(17)12-13/h3,6-7,12H,2,4-5,8-11H2,1H3,(H,18,19). The molecule has 0 atom stereocenters. The van der Waals surface area contributed by atoms with E-state index in [2.05, 4.69) is 5.32 Å². The van der Waals surface area contributed by atoms with E-state index in [1.807, 2.05) is 13.0 Å². The Morgan fingerprint density at radius 2 is 2.25 bits per heavy atom. The normalized spacial score (nSPS) is 16.5. The number of hydrogen-bond donors (Lipinski definition) is 1. The third-order valence-electron chi connectivity index (χ3n) is 3.97. The van der Waals surface area contributed by atoms with Crippen LogP contribution < -0.4 is 5.32 Å². The van der Waals surface area contributed by atoms with Crippen molar-refractivity contribution in [2.45, 2.75) is 38.0 Å². The maximum atomic E-state index is 13.4. The maximum Gasteiger partial charge on any atom is 0.230 e. The largest absolute Gasteiger partial charge is 0.382 e. The fourth-order valence-corrected chi connectivity index (χ4v) is 2.65. The van der Waals surface area contributed by atoms with Crippen molar-refractivity contribution in [3.8, 4) is 0 Å². The minimum absolute atomic E-state index is 0.0193. The smallest absolute Gasteiger partial charge is 0.230 e. The highest BCUT2D eigenvalue weighted by atomic mass is 19.1. The Morgan fingerprint density at radius 1 is 1.45 bits per heavy atom. The van der Waals surface area contributed by atoms with E-state index in [4.69, 9.17) is 4.74 Å². The van der Waals surface area contributed by atoms with Gasteiger partial charge in [0.2, 0.25) is 5.91 Å². The first kappa shape index (κ1) is 15.0. The minimum Gasteiger partial charge on any atom is -0.382 e. The highest BCUT2D eigenvalue weighted by molar-refractivity contribution is 5.89. The van der Waals surface area contributed by atoms with Gasteiger partial charge in [-0.25, -0.2) is 4.39 Å². The van der Waals surface area contributed by atoms with Gasteiger partial charge in [-0.05, 0) is 43.9 Å². The Bertz CT molecular complexity index is 458. The minimum atomic E-state index is -0.520. The number of carbonyl (C=O) groups excluding carboxylic acids is 1. The molecule has 110 valence electrons. The van der Waals surface area contributed by atoms with Crippen LogP contribution in [0.4, 0.5) is 4.39 Å². The van der Waals surface area contributed by atoms with E-state index in [0.29, 0.717) is 19.8 Å². The Balaban J connectivity index is 1.95. The number of nitrogens with one attached hydrogen (secondary N) is 1. The molecule has 1 saturated carbocycles. The summed E-state index contributed by atoms with van der Waals surface area (Å²) in [6, 6.07) is 6.42. The molecule has 0 aromatic heterocycles. The fourth-order valence-electron chi connectivity index (χ4n) is 2.65. The van der Waals surface area contributed by atoms with E-state index in [1.54, 1.807) is 6.07 Å². The lowest BCUT2D eigenvalue weighted by atomic mass is 9.64. The van der Waals surface area contributed by atoms with E-state index in [1.165, 1.54) is 12.1 Å². The van der Waals surface area contributed by atoms with E-state index in [-0.39, 0.29) is 11.7 Å². The second kappa shape index (κ2) is 6.84. The molecule has 20 heavy (non-hydrogen) atoms. The number of amides is 1. The number of halogens is 1. The van der Waals surface area contributed by atoms with Crippen LogP contribution in [0.25, 0.3) is 0 Å². The van der Waals surface area contributed by atoms with Crippen LogP contribution >= 0.6 is 0 Å². The van der Waals surface area contributed by atoms with Gasteiger partial charge in [0.1, 0.15) is 5.82 Å². The second-order valence-electron chi connectivity index (χ2n) is 5.25. The molecule has 0 heterocycles. The van der Waals surface area contributed by atoms with Gasteiger partial charge in [-0.1, -0.05) is 18.6 Å². The lowest BCUT2D eigenvalue weighted by Gasteiger charge is -2.40. The zero-order valence-corrected chi connectivity index (χ0v) is 12.0. The third-order valence-corrected chi connectivity index (χ3v) is 3.97. The van der Waals surface area contributed by atoms with Crippen molar-refractivity contribution in [2.24, 2.45) is 0 Å². The van der Waals surface area contributed by atoms with Gasteiger partial charge in [0, 0.05) is 19.8 Å². The molecule has 1 aromatic rings. The molecule has 1 fully saturated rings. The molecule has 4 heteroatoms. The monoisotopic (exact) mass is 279 g/mol. The summed E-state index contributed by atoms with van der Waals surface area (Å²) in [5.74, 6) is -0.260. The fraction of sp³-hybridized carbons (Fsp3) is 0.562. The summed E-state index contributed by atoms with van der Waals surface area (Å²) in [6.07, 6.45) is 3.42. The van der Waals surface area contributed by atoms with Gasteiger partial charge in [-0.2, -0.15) is 0 Å². The van der Waals surface area contributed by atoms with Crippen LogP contribution in [0.3, 0.4) is 0 Å². The van der Waals surface area contributed by atoms with Crippen molar-refractivity contribution in [2.75, 3.05) is 19.8 Å². The molecule has 0 aliphatic heterocycles. The number of rotatable bonds is 7. The average molecular weight is 279 g/mol. The summed E-state index contributed by atoms with van der Waals surface area (Å²) in [6.45, 7) is 3.91. The van der Waals surface area contributed by atoms with Crippen molar-refractivity contribution in [1.82, 2.24) is 5.32 Å². The molecular weight excluding hydrogens is 257 g/mol. The molecule has 1 aromatic carbocycles. The van der Waals surface area contributed by atoms with Gasteiger partial charge >= 0.3 is 0 Å². The molecule has 1 N–H and O–H groups in total. The molecule has 0 unspecified atom stereocenters. The van der Waals surface area contributed by atoms with Crippen LogP contribution in [-0.4, -0.2) is 25.7 Å². The quantitative estimate of drug-likeness (QED) is 0.779. The SMILES string of the molecule is CCOCCCNC(=O)C1(c2cccc(F)c2)CCC1. The van der Waals surface area contributed by atoms with Gasteiger partial charge in [-0.3, -0.25) is 4.79 Å². The first-order chi connectivity index (χ1) is 9.69.